The molecular formula is C11H20N2O2. The van der Waals surface area contributed by atoms with Crippen molar-refractivity contribution in [3.05, 3.63) is 0 Å². The van der Waals surface area contributed by atoms with Gasteiger partial charge >= 0.3 is 0 Å². The Morgan fingerprint density at radius 2 is 2.13 bits per heavy atom. The Kier molecular flexibility index (Phi) is 3.97. The maximum atomic E-state index is 11.6. The van der Waals surface area contributed by atoms with Crippen molar-refractivity contribution in [2.24, 2.45) is 0 Å². The van der Waals surface area contributed by atoms with Gasteiger partial charge in [0, 0.05) is 26.2 Å². The number of carbonyl (C=O) groups excluding carboxylic acids is 1. The molecule has 15 heavy (non-hydrogen) atoms. The van der Waals surface area contributed by atoms with E-state index in [-0.39, 0.29) is 5.91 Å². The normalized spacial score (nSPS) is 26.1. The zero-order valence-electron chi connectivity index (χ0n) is 9.21. The van der Waals surface area contributed by atoms with Crippen molar-refractivity contribution in [1.82, 2.24) is 10.2 Å². The van der Waals surface area contributed by atoms with E-state index in [4.69, 9.17) is 4.74 Å². The van der Waals surface area contributed by atoms with E-state index < -0.39 is 0 Å². The van der Waals surface area contributed by atoms with Crippen LogP contribution in [0.25, 0.3) is 0 Å². The van der Waals surface area contributed by atoms with Crippen molar-refractivity contribution in [3.63, 3.8) is 0 Å². The Bertz CT molecular complexity index is 209. The Labute approximate surface area is 91.0 Å². The molecule has 2 rings (SSSR count). The fourth-order valence-corrected chi connectivity index (χ4v) is 2.22. The lowest BCUT2D eigenvalue weighted by atomic mass is 10.2. The van der Waals surface area contributed by atoms with Gasteiger partial charge in [-0.1, -0.05) is 0 Å². The average molecular weight is 212 g/mol. The summed E-state index contributed by atoms with van der Waals surface area (Å²) in [6.07, 6.45) is 4.95. The fourth-order valence-electron chi connectivity index (χ4n) is 2.22. The van der Waals surface area contributed by atoms with Crippen LogP contribution < -0.4 is 5.32 Å². The van der Waals surface area contributed by atoms with E-state index in [2.05, 4.69) is 5.32 Å². The standard InChI is InChI=1S/C11H20N2O2/c14-11(13-5-1-2-6-13)9-12-8-10-4-3-7-15-10/h10,12H,1-9H2/t10-/m1/s1. The Morgan fingerprint density at radius 3 is 2.80 bits per heavy atom. The van der Waals surface area contributed by atoms with Crippen molar-refractivity contribution in [2.75, 3.05) is 32.8 Å². The molecule has 86 valence electrons. The molecule has 1 atom stereocenters. The summed E-state index contributed by atoms with van der Waals surface area (Å²) in [5, 5.41) is 3.19. The maximum Gasteiger partial charge on any atom is 0.236 e. The lowest BCUT2D eigenvalue weighted by Crippen LogP contribution is -2.38. The van der Waals surface area contributed by atoms with Gasteiger partial charge in [0.2, 0.25) is 5.91 Å². The Morgan fingerprint density at radius 1 is 1.33 bits per heavy atom. The lowest BCUT2D eigenvalue weighted by Gasteiger charge is -2.16. The van der Waals surface area contributed by atoms with Crippen LogP contribution in [0.5, 0.6) is 0 Å². The number of carbonyl (C=O) groups is 1. The van der Waals surface area contributed by atoms with Gasteiger partial charge < -0.3 is 15.0 Å². The molecule has 1 amide bonds. The molecule has 2 fully saturated rings. The molecule has 2 heterocycles. The van der Waals surface area contributed by atoms with Crippen LogP contribution in [0.4, 0.5) is 0 Å². The molecule has 0 bridgehead atoms. The van der Waals surface area contributed by atoms with Crippen molar-refractivity contribution in [3.8, 4) is 0 Å². The number of likely N-dealkylation sites (tertiary alicyclic amines) is 1. The van der Waals surface area contributed by atoms with Crippen molar-refractivity contribution in [2.45, 2.75) is 31.8 Å². The number of nitrogens with zero attached hydrogens (tertiary/aromatic N) is 1. The molecular weight excluding hydrogens is 192 g/mol. The highest BCUT2D eigenvalue weighted by atomic mass is 16.5. The average Bonchev–Trinajstić information content (AvgIpc) is 2.90. The lowest BCUT2D eigenvalue weighted by molar-refractivity contribution is -0.129. The number of nitrogens with one attached hydrogen (secondary N) is 1. The smallest absolute Gasteiger partial charge is 0.236 e. The molecule has 0 aromatic carbocycles. The monoisotopic (exact) mass is 212 g/mol. The Balaban J connectivity index is 1.58. The van der Waals surface area contributed by atoms with Crippen LogP contribution >= 0.6 is 0 Å². The van der Waals surface area contributed by atoms with Gasteiger partial charge in [0.1, 0.15) is 0 Å². The summed E-state index contributed by atoms with van der Waals surface area (Å²) >= 11 is 0. The van der Waals surface area contributed by atoms with Gasteiger partial charge in [-0.2, -0.15) is 0 Å². The number of hydrogen-bond donors (Lipinski definition) is 1. The van der Waals surface area contributed by atoms with Gasteiger partial charge in [-0.3, -0.25) is 4.79 Å². The molecule has 2 saturated heterocycles. The second-order valence-corrected chi connectivity index (χ2v) is 4.35. The Hall–Kier alpha value is -0.610. The molecule has 0 saturated carbocycles. The first-order chi connectivity index (χ1) is 7.36. The summed E-state index contributed by atoms with van der Waals surface area (Å²) in [7, 11) is 0. The topological polar surface area (TPSA) is 41.6 Å². The van der Waals surface area contributed by atoms with E-state index >= 15 is 0 Å². The highest BCUT2D eigenvalue weighted by Gasteiger charge is 2.19. The van der Waals surface area contributed by atoms with Crippen LogP contribution in [-0.4, -0.2) is 49.7 Å². The SMILES string of the molecule is O=C(CNC[C@H]1CCCO1)N1CCCC1. The predicted octanol–water partition coefficient (Wildman–Crippen LogP) is 0.377. The molecule has 1 N–H and O–H groups in total. The third-order valence-corrected chi connectivity index (χ3v) is 3.13. The number of amides is 1. The number of rotatable bonds is 4. The van der Waals surface area contributed by atoms with Gasteiger partial charge in [0.05, 0.1) is 12.6 Å². The van der Waals surface area contributed by atoms with E-state index in [9.17, 15) is 4.79 Å². The highest BCUT2D eigenvalue weighted by Crippen LogP contribution is 2.10. The second kappa shape index (κ2) is 5.47. The van der Waals surface area contributed by atoms with Crippen molar-refractivity contribution < 1.29 is 9.53 Å². The van der Waals surface area contributed by atoms with Crippen LogP contribution in [0.3, 0.4) is 0 Å². The summed E-state index contributed by atoms with van der Waals surface area (Å²) in [6.45, 7) is 4.06. The first kappa shape index (κ1) is 10.9. The minimum Gasteiger partial charge on any atom is -0.377 e. The van der Waals surface area contributed by atoms with E-state index in [1.165, 1.54) is 0 Å². The molecule has 4 heteroatoms. The zero-order chi connectivity index (χ0) is 10.5. The molecule has 0 aromatic heterocycles. The van der Waals surface area contributed by atoms with Crippen molar-refractivity contribution >= 4 is 5.91 Å². The third kappa shape index (κ3) is 3.18. The molecule has 2 aliphatic heterocycles. The molecule has 0 unspecified atom stereocenters. The number of ether oxygens (including phenoxy) is 1. The minimum atomic E-state index is 0.241. The van der Waals surface area contributed by atoms with Crippen molar-refractivity contribution in [1.29, 1.82) is 0 Å². The summed E-state index contributed by atoms with van der Waals surface area (Å²) < 4.78 is 5.47. The van der Waals surface area contributed by atoms with Gasteiger partial charge in [-0.25, -0.2) is 0 Å². The highest BCUT2D eigenvalue weighted by molar-refractivity contribution is 5.78. The van der Waals surface area contributed by atoms with Gasteiger partial charge in [-0.05, 0) is 25.7 Å². The molecule has 0 aromatic rings. The molecule has 2 aliphatic rings. The maximum absolute atomic E-state index is 11.6. The predicted molar refractivity (Wildman–Crippen MR) is 57.7 cm³/mol. The van der Waals surface area contributed by atoms with Gasteiger partial charge in [-0.15, -0.1) is 0 Å². The van der Waals surface area contributed by atoms with Gasteiger partial charge in [0.15, 0.2) is 0 Å². The van der Waals surface area contributed by atoms with Crippen LogP contribution in [0.1, 0.15) is 25.7 Å². The molecule has 0 aliphatic carbocycles. The van der Waals surface area contributed by atoms with Gasteiger partial charge in [0.25, 0.3) is 0 Å². The largest absolute Gasteiger partial charge is 0.377 e. The molecule has 4 nitrogen and oxygen atoms in total. The van der Waals surface area contributed by atoms with Crippen LogP contribution in [-0.2, 0) is 9.53 Å². The minimum absolute atomic E-state index is 0.241. The van der Waals surface area contributed by atoms with Crippen LogP contribution in [0.2, 0.25) is 0 Å². The second-order valence-electron chi connectivity index (χ2n) is 4.35. The summed E-state index contributed by atoms with van der Waals surface area (Å²) in [5.74, 6) is 0.241. The van der Waals surface area contributed by atoms with Crippen LogP contribution in [0.15, 0.2) is 0 Å². The summed E-state index contributed by atoms with van der Waals surface area (Å²) in [5.41, 5.74) is 0. The number of hydrogen-bond acceptors (Lipinski definition) is 3. The quantitative estimate of drug-likeness (QED) is 0.732. The van der Waals surface area contributed by atoms with E-state index in [0.717, 1.165) is 51.9 Å². The fraction of sp³-hybridized carbons (Fsp3) is 0.909. The summed E-state index contributed by atoms with van der Waals surface area (Å²) in [4.78, 5) is 13.6. The van der Waals surface area contributed by atoms with E-state index in [0.29, 0.717) is 12.6 Å². The third-order valence-electron chi connectivity index (χ3n) is 3.13. The molecule has 0 radical (unpaired) electrons. The van der Waals surface area contributed by atoms with E-state index in [1.807, 2.05) is 4.90 Å². The first-order valence-electron chi connectivity index (χ1n) is 5.96. The van der Waals surface area contributed by atoms with Crippen LogP contribution in [0, 0.1) is 0 Å². The first-order valence-corrected chi connectivity index (χ1v) is 5.96. The van der Waals surface area contributed by atoms with E-state index in [1.54, 1.807) is 0 Å². The zero-order valence-corrected chi connectivity index (χ0v) is 9.21. The molecule has 0 spiro atoms. The summed E-state index contributed by atoms with van der Waals surface area (Å²) in [6, 6.07) is 0.